The summed E-state index contributed by atoms with van der Waals surface area (Å²) in [5, 5.41) is 0. The van der Waals surface area contributed by atoms with Crippen molar-refractivity contribution in [3.8, 4) is 0 Å². The normalized spacial score (nSPS) is 12.4. The minimum absolute atomic E-state index is 0.304. The largest absolute Gasteiger partial charge is 0.369 e. The second kappa shape index (κ2) is 4.21. The zero-order valence-corrected chi connectivity index (χ0v) is 7.99. The lowest BCUT2D eigenvalue weighted by molar-refractivity contribution is -0.117. The number of carbonyl (C=O) groups is 1. The van der Waals surface area contributed by atoms with E-state index in [9.17, 15) is 4.79 Å². The van der Waals surface area contributed by atoms with Gasteiger partial charge in [0.05, 0.1) is 4.83 Å². The number of nitrogens with two attached hydrogens (primary N) is 1. The number of pyridine rings is 1. The molecule has 0 aliphatic rings. The van der Waals surface area contributed by atoms with E-state index in [1.54, 1.807) is 12.4 Å². The summed E-state index contributed by atoms with van der Waals surface area (Å²) in [5.74, 6) is -0.348. The fourth-order valence-corrected chi connectivity index (χ4v) is 1.20. The van der Waals surface area contributed by atoms with Crippen molar-refractivity contribution in [1.29, 1.82) is 0 Å². The number of amides is 1. The maximum atomic E-state index is 10.7. The second-order valence-electron chi connectivity index (χ2n) is 2.44. The van der Waals surface area contributed by atoms with Gasteiger partial charge in [-0.1, -0.05) is 22.0 Å². The van der Waals surface area contributed by atoms with Crippen molar-refractivity contribution in [2.45, 2.75) is 11.2 Å². The predicted octanol–water partition coefficient (Wildman–Crippen LogP) is 0.873. The van der Waals surface area contributed by atoms with Crippen LogP contribution >= 0.6 is 15.9 Å². The van der Waals surface area contributed by atoms with Gasteiger partial charge >= 0.3 is 0 Å². The van der Waals surface area contributed by atoms with Gasteiger partial charge in [-0.25, -0.2) is 0 Å². The Balaban J connectivity index is 2.58. The molecule has 0 saturated heterocycles. The number of hydrogen-bond acceptors (Lipinski definition) is 2. The third kappa shape index (κ3) is 2.62. The Hall–Kier alpha value is -0.900. The van der Waals surface area contributed by atoms with Crippen LogP contribution < -0.4 is 5.73 Å². The van der Waals surface area contributed by atoms with E-state index in [-0.39, 0.29) is 10.7 Å². The average molecular weight is 229 g/mol. The van der Waals surface area contributed by atoms with Crippen molar-refractivity contribution < 1.29 is 4.79 Å². The summed E-state index contributed by atoms with van der Waals surface area (Å²) < 4.78 is 0. The van der Waals surface area contributed by atoms with Crippen LogP contribution in [0.2, 0.25) is 0 Å². The number of aromatic nitrogens is 1. The molecule has 1 aromatic heterocycles. The molecular formula is C8H9BrN2O. The number of halogens is 1. The number of alkyl halides is 1. The standard InChI is InChI=1S/C8H9BrN2O/c9-7(8(10)12)4-6-2-1-3-11-5-6/h1-3,5,7H,4H2,(H2,10,12). The van der Waals surface area contributed by atoms with Gasteiger partial charge in [-0.2, -0.15) is 0 Å². The van der Waals surface area contributed by atoms with Crippen LogP contribution in [-0.4, -0.2) is 15.7 Å². The van der Waals surface area contributed by atoms with Crippen molar-refractivity contribution in [2.24, 2.45) is 5.73 Å². The van der Waals surface area contributed by atoms with E-state index < -0.39 is 0 Å². The van der Waals surface area contributed by atoms with E-state index in [0.717, 1.165) is 5.56 Å². The summed E-state index contributed by atoms with van der Waals surface area (Å²) >= 11 is 3.18. The van der Waals surface area contributed by atoms with Gasteiger partial charge < -0.3 is 5.73 Å². The Morgan fingerprint density at radius 3 is 3.00 bits per heavy atom. The zero-order valence-electron chi connectivity index (χ0n) is 6.40. The molecule has 1 heterocycles. The summed E-state index contributed by atoms with van der Waals surface area (Å²) in [5.41, 5.74) is 6.08. The minimum Gasteiger partial charge on any atom is -0.369 e. The molecule has 0 radical (unpaired) electrons. The van der Waals surface area contributed by atoms with E-state index in [0.29, 0.717) is 6.42 Å². The molecule has 0 aliphatic carbocycles. The molecule has 1 aromatic rings. The molecule has 4 heteroatoms. The van der Waals surface area contributed by atoms with Gasteiger partial charge in [0.15, 0.2) is 0 Å². The van der Waals surface area contributed by atoms with Crippen molar-refractivity contribution in [3.05, 3.63) is 30.1 Å². The molecule has 0 bridgehead atoms. The number of nitrogens with zero attached hydrogens (tertiary/aromatic N) is 1. The van der Waals surface area contributed by atoms with Crippen molar-refractivity contribution in [2.75, 3.05) is 0 Å². The maximum absolute atomic E-state index is 10.7. The number of primary amides is 1. The molecule has 0 aliphatic heterocycles. The van der Waals surface area contributed by atoms with Crippen LogP contribution in [0.5, 0.6) is 0 Å². The molecule has 12 heavy (non-hydrogen) atoms. The molecule has 1 unspecified atom stereocenters. The maximum Gasteiger partial charge on any atom is 0.231 e. The third-order valence-corrected chi connectivity index (χ3v) is 2.22. The molecule has 64 valence electrons. The monoisotopic (exact) mass is 228 g/mol. The smallest absolute Gasteiger partial charge is 0.231 e. The summed E-state index contributed by atoms with van der Waals surface area (Å²) in [7, 11) is 0. The first-order valence-electron chi connectivity index (χ1n) is 3.52. The molecule has 1 amide bonds. The highest BCUT2D eigenvalue weighted by molar-refractivity contribution is 9.10. The first kappa shape index (κ1) is 9.19. The van der Waals surface area contributed by atoms with E-state index in [2.05, 4.69) is 20.9 Å². The number of carbonyl (C=O) groups excluding carboxylic acids is 1. The molecule has 0 saturated carbocycles. The van der Waals surface area contributed by atoms with Crippen LogP contribution in [0.15, 0.2) is 24.5 Å². The highest BCUT2D eigenvalue weighted by Crippen LogP contribution is 2.07. The van der Waals surface area contributed by atoms with Gasteiger partial charge in [0.1, 0.15) is 0 Å². The van der Waals surface area contributed by atoms with E-state index >= 15 is 0 Å². The molecule has 1 rings (SSSR count). The Morgan fingerprint density at radius 1 is 1.75 bits per heavy atom. The van der Waals surface area contributed by atoms with E-state index in [4.69, 9.17) is 5.73 Å². The van der Waals surface area contributed by atoms with Crippen LogP contribution in [0.1, 0.15) is 5.56 Å². The second-order valence-corrected chi connectivity index (χ2v) is 3.54. The summed E-state index contributed by atoms with van der Waals surface area (Å²) in [6, 6.07) is 3.74. The lowest BCUT2D eigenvalue weighted by Gasteiger charge is -2.03. The summed E-state index contributed by atoms with van der Waals surface area (Å²) in [6.45, 7) is 0. The first-order valence-corrected chi connectivity index (χ1v) is 4.44. The lowest BCUT2D eigenvalue weighted by Crippen LogP contribution is -2.24. The quantitative estimate of drug-likeness (QED) is 0.782. The van der Waals surface area contributed by atoms with Gasteiger partial charge in [-0.15, -0.1) is 0 Å². The molecule has 3 nitrogen and oxygen atoms in total. The van der Waals surface area contributed by atoms with Crippen LogP contribution in [0.4, 0.5) is 0 Å². The summed E-state index contributed by atoms with van der Waals surface area (Å²) in [4.78, 5) is 14.3. The Kier molecular flexibility index (Phi) is 3.22. The SMILES string of the molecule is NC(=O)C(Br)Cc1cccnc1. The van der Waals surface area contributed by atoms with Crippen molar-refractivity contribution >= 4 is 21.8 Å². The predicted molar refractivity (Wildman–Crippen MR) is 49.9 cm³/mol. The molecule has 0 fully saturated rings. The van der Waals surface area contributed by atoms with E-state index in [1.165, 1.54) is 0 Å². The summed E-state index contributed by atoms with van der Waals surface area (Å²) in [6.07, 6.45) is 4.00. The zero-order chi connectivity index (χ0) is 8.97. The average Bonchev–Trinajstić information content (AvgIpc) is 2.06. The third-order valence-electron chi connectivity index (χ3n) is 1.45. The van der Waals surface area contributed by atoms with Crippen LogP contribution in [0, 0.1) is 0 Å². The molecular weight excluding hydrogens is 220 g/mol. The van der Waals surface area contributed by atoms with Crippen molar-refractivity contribution in [3.63, 3.8) is 0 Å². The number of hydrogen-bond donors (Lipinski definition) is 1. The molecule has 0 aromatic carbocycles. The first-order chi connectivity index (χ1) is 5.70. The minimum atomic E-state index is -0.348. The fraction of sp³-hybridized carbons (Fsp3) is 0.250. The Bertz CT molecular complexity index is 263. The lowest BCUT2D eigenvalue weighted by atomic mass is 10.1. The highest BCUT2D eigenvalue weighted by atomic mass is 79.9. The van der Waals surface area contributed by atoms with Gasteiger partial charge in [-0.3, -0.25) is 9.78 Å². The van der Waals surface area contributed by atoms with E-state index in [1.807, 2.05) is 12.1 Å². The van der Waals surface area contributed by atoms with Gasteiger partial charge in [0, 0.05) is 12.4 Å². The van der Waals surface area contributed by atoms with Crippen molar-refractivity contribution in [1.82, 2.24) is 4.98 Å². The van der Waals surface area contributed by atoms with Crippen LogP contribution in [-0.2, 0) is 11.2 Å². The van der Waals surface area contributed by atoms with Gasteiger partial charge in [0.2, 0.25) is 5.91 Å². The number of rotatable bonds is 3. The fourth-order valence-electron chi connectivity index (χ4n) is 0.826. The Labute approximate surface area is 79.1 Å². The Morgan fingerprint density at radius 2 is 2.50 bits per heavy atom. The molecule has 0 spiro atoms. The van der Waals surface area contributed by atoms with Crippen LogP contribution in [0.25, 0.3) is 0 Å². The molecule has 2 N–H and O–H groups in total. The molecule has 1 atom stereocenters. The highest BCUT2D eigenvalue weighted by Gasteiger charge is 2.10. The van der Waals surface area contributed by atoms with Crippen LogP contribution in [0.3, 0.4) is 0 Å². The van der Waals surface area contributed by atoms with Gasteiger partial charge in [-0.05, 0) is 18.1 Å². The van der Waals surface area contributed by atoms with Gasteiger partial charge in [0.25, 0.3) is 0 Å². The topological polar surface area (TPSA) is 56.0 Å².